The Morgan fingerprint density at radius 3 is 2.48 bits per heavy atom. The van der Waals surface area contributed by atoms with Gasteiger partial charge >= 0.3 is 0 Å². The van der Waals surface area contributed by atoms with Gasteiger partial charge in [-0.1, -0.05) is 44.2 Å². The van der Waals surface area contributed by atoms with Crippen molar-refractivity contribution in [2.24, 2.45) is 0 Å². The molecule has 0 radical (unpaired) electrons. The van der Waals surface area contributed by atoms with E-state index in [4.69, 9.17) is 9.47 Å². The van der Waals surface area contributed by atoms with E-state index in [-0.39, 0.29) is 5.91 Å². The molecule has 0 heterocycles. The molecule has 0 unspecified atom stereocenters. The fourth-order valence-corrected chi connectivity index (χ4v) is 2.47. The monoisotopic (exact) mass is 341 g/mol. The minimum Gasteiger partial charge on any atom is -0.492 e. The van der Waals surface area contributed by atoms with Gasteiger partial charge in [-0.15, -0.1) is 0 Å². The zero-order chi connectivity index (χ0) is 18.2. The molecule has 0 aliphatic heterocycles. The van der Waals surface area contributed by atoms with Crippen molar-refractivity contribution in [1.82, 2.24) is 5.32 Å². The Kier molecular flexibility index (Phi) is 6.87. The second kappa shape index (κ2) is 9.11. The molecule has 0 aromatic heterocycles. The zero-order valence-electron chi connectivity index (χ0n) is 15.4. The molecule has 0 bridgehead atoms. The molecule has 0 fully saturated rings. The first kappa shape index (κ1) is 18.8. The van der Waals surface area contributed by atoms with Gasteiger partial charge in [0.25, 0.3) is 5.91 Å². The molecule has 134 valence electrons. The number of hydrogen-bond donors (Lipinski definition) is 1. The van der Waals surface area contributed by atoms with E-state index in [2.05, 4.69) is 31.3 Å². The number of amides is 1. The van der Waals surface area contributed by atoms with Crippen LogP contribution >= 0.6 is 0 Å². The van der Waals surface area contributed by atoms with Crippen LogP contribution in [0.1, 0.15) is 37.8 Å². The van der Waals surface area contributed by atoms with Crippen molar-refractivity contribution in [3.63, 3.8) is 0 Å². The quantitative estimate of drug-likeness (QED) is 0.736. The summed E-state index contributed by atoms with van der Waals surface area (Å²) < 4.78 is 11.5. The van der Waals surface area contributed by atoms with Gasteiger partial charge in [0.05, 0.1) is 6.54 Å². The van der Waals surface area contributed by atoms with E-state index in [9.17, 15) is 4.79 Å². The highest BCUT2D eigenvalue weighted by Crippen LogP contribution is 2.28. The lowest BCUT2D eigenvalue weighted by atomic mass is 10.0. The van der Waals surface area contributed by atoms with Crippen molar-refractivity contribution in [3.8, 4) is 11.5 Å². The maximum absolute atomic E-state index is 12.2. The summed E-state index contributed by atoms with van der Waals surface area (Å²) >= 11 is 0. The molecule has 4 nitrogen and oxygen atoms in total. The largest absolute Gasteiger partial charge is 0.492 e. The van der Waals surface area contributed by atoms with Gasteiger partial charge in [0.15, 0.2) is 6.10 Å². The summed E-state index contributed by atoms with van der Waals surface area (Å²) in [4.78, 5) is 12.2. The van der Waals surface area contributed by atoms with Crippen LogP contribution in [0, 0.1) is 6.92 Å². The van der Waals surface area contributed by atoms with E-state index in [0.717, 1.165) is 22.6 Å². The molecule has 0 spiro atoms. The molecule has 2 rings (SSSR count). The highest BCUT2D eigenvalue weighted by molar-refractivity contribution is 5.80. The highest BCUT2D eigenvalue weighted by Gasteiger charge is 2.17. The minimum atomic E-state index is -0.559. The molecule has 2 aromatic rings. The van der Waals surface area contributed by atoms with Gasteiger partial charge in [-0.05, 0) is 49.1 Å². The van der Waals surface area contributed by atoms with E-state index in [1.54, 1.807) is 6.92 Å². The molecule has 0 saturated heterocycles. The van der Waals surface area contributed by atoms with Gasteiger partial charge < -0.3 is 14.8 Å². The summed E-state index contributed by atoms with van der Waals surface area (Å²) in [6.07, 6.45) is -0.559. The average molecular weight is 341 g/mol. The summed E-state index contributed by atoms with van der Waals surface area (Å²) in [7, 11) is 0. The maximum atomic E-state index is 12.2. The summed E-state index contributed by atoms with van der Waals surface area (Å²) in [5, 5.41) is 2.85. The van der Waals surface area contributed by atoms with Crippen LogP contribution in [0.3, 0.4) is 0 Å². The van der Waals surface area contributed by atoms with E-state index in [1.807, 2.05) is 43.3 Å². The van der Waals surface area contributed by atoms with Crippen molar-refractivity contribution in [3.05, 3.63) is 59.7 Å². The number of benzene rings is 2. The number of rotatable bonds is 8. The number of para-hydroxylation sites is 1. The normalized spacial score (nSPS) is 11.9. The molecular formula is C21H27NO3. The van der Waals surface area contributed by atoms with Crippen LogP contribution < -0.4 is 14.8 Å². The van der Waals surface area contributed by atoms with Crippen molar-refractivity contribution >= 4 is 5.91 Å². The predicted molar refractivity (Wildman–Crippen MR) is 100 cm³/mol. The lowest BCUT2D eigenvalue weighted by Gasteiger charge is -2.19. The van der Waals surface area contributed by atoms with Gasteiger partial charge in [-0.25, -0.2) is 0 Å². The number of hydrogen-bond acceptors (Lipinski definition) is 3. The number of carbonyl (C=O) groups is 1. The fourth-order valence-electron chi connectivity index (χ4n) is 2.47. The van der Waals surface area contributed by atoms with Crippen molar-refractivity contribution in [2.45, 2.75) is 39.7 Å². The number of ether oxygens (including phenoxy) is 2. The first-order chi connectivity index (χ1) is 12.0. The van der Waals surface area contributed by atoms with Crippen LogP contribution in [0.2, 0.25) is 0 Å². The van der Waals surface area contributed by atoms with Crippen molar-refractivity contribution in [2.75, 3.05) is 13.2 Å². The Labute approximate surface area is 150 Å². The molecular weight excluding hydrogens is 314 g/mol. The molecule has 1 amide bonds. The Bertz CT molecular complexity index is 683. The van der Waals surface area contributed by atoms with Gasteiger partial charge in [-0.2, -0.15) is 0 Å². The number of aryl methyl sites for hydroxylation is 1. The molecule has 0 aliphatic rings. The van der Waals surface area contributed by atoms with Crippen molar-refractivity contribution < 1.29 is 14.3 Å². The molecule has 0 aliphatic carbocycles. The third-order valence-electron chi connectivity index (χ3n) is 3.88. The lowest BCUT2D eigenvalue weighted by molar-refractivity contribution is -0.127. The summed E-state index contributed by atoms with van der Waals surface area (Å²) in [5.41, 5.74) is 2.22. The van der Waals surface area contributed by atoms with Crippen LogP contribution in [0.15, 0.2) is 48.5 Å². The zero-order valence-corrected chi connectivity index (χ0v) is 15.4. The van der Waals surface area contributed by atoms with Gasteiger partial charge in [0, 0.05) is 0 Å². The first-order valence-corrected chi connectivity index (χ1v) is 8.70. The standard InChI is InChI=1S/C21H27NO3/c1-15(2)19-11-10-16(3)14-20(19)25-17(4)21(23)22-12-13-24-18-8-6-5-7-9-18/h5-11,14-15,17H,12-13H2,1-4H3,(H,22,23)/t17-/m1/s1. The molecule has 25 heavy (non-hydrogen) atoms. The Morgan fingerprint density at radius 1 is 1.08 bits per heavy atom. The van der Waals surface area contributed by atoms with Crippen LogP contribution in [-0.4, -0.2) is 25.2 Å². The van der Waals surface area contributed by atoms with Gasteiger partial charge in [0.1, 0.15) is 18.1 Å². The summed E-state index contributed by atoms with van der Waals surface area (Å²) in [6, 6.07) is 15.6. The molecule has 0 saturated carbocycles. The van der Waals surface area contributed by atoms with Crippen LogP contribution in [0.5, 0.6) is 11.5 Å². The van der Waals surface area contributed by atoms with Gasteiger partial charge in [-0.3, -0.25) is 4.79 Å². The Hall–Kier alpha value is -2.49. The highest BCUT2D eigenvalue weighted by atomic mass is 16.5. The molecule has 1 atom stereocenters. The molecule has 4 heteroatoms. The van der Waals surface area contributed by atoms with Crippen LogP contribution in [0.25, 0.3) is 0 Å². The van der Waals surface area contributed by atoms with Crippen LogP contribution in [0.4, 0.5) is 0 Å². The number of carbonyl (C=O) groups excluding carboxylic acids is 1. The lowest BCUT2D eigenvalue weighted by Crippen LogP contribution is -2.38. The van der Waals surface area contributed by atoms with Crippen molar-refractivity contribution in [1.29, 1.82) is 0 Å². The van der Waals surface area contributed by atoms with Crippen LogP contribution in [-0.2, 0) is 4.79 Å². The maximum Gasteiger partial charge on any atom is 0.260 e. The second-order valence-electron chi connectivity index (χ2n) is 6.41. The molecule has 2 aromatic carbocycles. The summed E-state index contributed by atoms with van der Waals surface area (Å²) in [5.74, 6) is 1.76. The first-order valence-electron chi connectivity index (χ1n) is 8.70. The smallest absolute Gasteiger partial charge is 0.260 e. The third-order valence-corrected chi connectivity index (χ3v) is 3.88. The Morgan fingerprint density at radius 2 is 1.80 bits per heavy atom. The fraction of sp³-hybridized carbons (Fsp3) is 0.381. The summed E-state index contributed by atoms with van der Waals surface area (Å²) in [6.45, 7) is 8.87. The van der Waals surface area contributed by atoms with E-state index >= 15 is 0 Å². The van der Waals surface area contributed by atoms with E-state index in [0.29, 0.717) is 19.1 Å². The van der Waals surface area contributed by atoms with E-state index in [1.165, 1.54) is 0 Å². The minimum absolute atomic E-state index is 0.145. The second-order valence-corrected chi connectivity index (χ2v) is 6.41. The SMILES string of the molecule is Cc1ccc(C(C)C)c(O[C@H](C)C(=O)NCCOc2ccccc2)c1. The van der Waals surface area contributed by atoms with E-state index < -0.39 is 6.10 Å². The topological polar surface area (TPSA) is 47.6 Å². The third kappa shape index (κ3) is 5.82. The van der Waals surface area contributed by atoms with Gasteiger partial charge in [0.2, 0.25) is 0 Å². The Balaban J connectivity index is 1.83. The predicted octanol–water partition coefficient (Wildman–Crippen LogP) is 4.08. The average Bonchev–Trinajstić information content (AvgIpc) is 2.59. The number of nitrogens with one attached hydrogen (secondary N) is 1. The molecule has 1 N–H and O–H groups in total.